The van der Waals surface area contributed by atoms with E-state index in [2.05, 4.69) is 23.1 Å². The van der Waals surface area contributed by atoms with Crippen molar-refractivity contribution in [3.63, 3.8) is 0 Å². The number of aryl methyl sites for hydroxylation is 1. The van der Waals surface area contributed by atoms with Crippen LogP contribution in [0, 0.1) is 0 Å². The first-order valence-corrected chi connectivity index (χ1v) is 9.95. The van der Waals surface area contributed by atoms with E-state index in [1.165, 1.54) is 5.56 Å². The Hall–Kier alpha value is -1.44. The summed E-state index contributed by atoms with van der Waals surface area (Å²) in [7, 11) is 0. The highest BCUT2D eigenvalue weighted by Gasteiger charge is 2.41. The Labute approximate surface area is 155 Å². The zero-order valence-corrected chi connectivity index (χ0v) is 15.7. The van der Waals surface area contributed by atoms with Gasteiger partial charge in [-0.15, -0.1) is 0 Å². The van der Waals surface area contributed by atoms with Crippen molar-refractivity contribution < 1.29 is 14.3 Å². The molecule has 4 heterocycles. The second kappa shape index (κ2) is 7.66. The van der Waals surface area contributed by atoms with Crippen molar-refractivity contribution >= 4 is 5.91 Å². The Morgan fingerprint density at radius 3 is 2.85 bits per heavy atom. The maximum absolute atomic E-state index is 12.5. The van der Waals surface area contributed by atoms with Gasteiger partial charge in [0, 0.05) is 57.6 Å². The molecule has 3 saturated heterocycles. The van der Waals surface area contributed by atoms with Crippen LogP contribution in [0.2, 0.25) is 0 Å². The second-order valence-corrected chi connectivity index (χ2v) is 7.77. The van der Waals surface area contributed by atoms with E-state index in [1.807, 2.05) is 15.8 Å². The van der Waals surface area contributed by atoms with Gasteiger partial charge in [-0.2, -0.15) is 5.10 Å². The summed E-state index contributed by atoms with van der Waals surface area (Å²) < 4.78 is 13.8. The lowest BCUT2D eigenvalue weighted by atomic mass is 9.89. The summed E-state index contributed by atoms with van der Waals surface area (Å²) in [6.45, 7) is 8.87. The second-order valence-electron chi connectivity index (χ2n) is 7.77. The summed E-state index contributed by atoms with van der Waals surface area (Å²) >= 11 is 0. The maximum atomic E-state index is 12.5. The van der Waals surface area contributed by atoms with E-state index in [0.717, 1.165) is 78.2 Å². The van der Waals surface area contributed by atoms with Gasteiger partial charge in [0.1, 0.15) is 6.10 Å². The molecule has 0 saturated carbocycles. The lowest BCUT2D eigenvalue weighted by Crippen LogP contribution is -2.58. The number of amides is 1. The number of hydrogen-bond acceptors (Lipinski definition) is 5. The Morgan fingerprint density at radius 1 is 1.31 bits per heavy atom. The Morgan fingerprint density at radius 2 is 2.15 bits per heavy atom. The van der Waals surface area contributed by atoms with Crippen LogP contribution in [0.3, 0.4) is 0 Å². The number of carbonyl (C=O) groups is 1. The van der Waals surface area contributed by atoms with Crippen LogP contribution in [-0.4, -0.2) is 76.6 Å². The van der Waals surface area contributed by atoms with Crippen LogP contribution in [0.25, 0.3) is 0 Å². The van der Waals surface area contributed by atoms with Gasteiger partial charge in [-0.3, -0.25) is 14.4 Å². The van der Waals surface area contributed by atoms with E-state index < -0.39 is 0 Å². The minimum Gasteiger partial charge on any atom is -0.372 e. The van der Waals surface area contributed by atoms with Gasteiger partial charge in [0.15, 0.2) is 0 Å². The first-order valence-electron chi connectivity index (χ1n) is 9.95. The van der Waals surface area contributed by atoms with Crippen molar-refractivity contribution in [2.24, 2.45) is 0 Å². The number of hydrogen-bond donors (Lipinski definition) is 0. The molecule has 1 aromatic heterocycles. The van der Waals surface area contributed by atoms with E-state index in [9.17, 15) is 4.79 Å². The van der Waals surface area contributed by atoms with Gasteiger partial charge in [-0.25, -0.2) is 0 Å². The lowest BCUT2D eigenvalue weighted by Gasteiger charge is -2.47. The van der Waals surface area contributed by atoms with Gasteiger partial charge < -0.3 is 14.4 Å². The number of aromatic nitrogens is 2. The van der Waals surface area contributed by atoms with Crippen molar-refractivity contribution in [1.82, 2.24) is 19.6 Å². The number of morpholine rings is 1. The molecule has 144 valence electrons. The monoisotopic (exact) mass is 362 g/mol. The minimum absolute atomic E-state index is 0.105. The maximum Gasteiger partial charge on any atom is 0.251 e. The molecule has 0 N–H and O–H groups in total. The molecule has 4 rings (SSSR count). The van der Waals surface area contributed by atoms with E-state index in [-0.39, 0.29) is 17.6 Å². The Kier molecular flexibility index (Phi) is 5.29. The van der Waals surface area contributed by atoms with Crippen LogP contribution in [-0.2, 0) is 27.4 Å². The molecule has 3 fully saturated rings. The first kappa shape index (κ1) is 17.9. The molecule has 3 aliphatic heterocycles. The van der Waals surface area contributed by atoms with E-state index in [4.69, 9.17) is 9.47 Å². The molecule has 3 aliphatic rings. The van der Waals surface area contributed by atoms with Crippen molar-refractivity contribution in [3.8, 4) is 0 Å². The van der Waals surface area contributed by atoms with E-state index in [1.54, 1.807) is 0 Å². The molecule has 0 bridgehead atoms. The van der Waals surface area contributed by atoms with Gasteiger partial charge in [0.05, 0.1) is 18.4 Å². The van der Waals surface area contributed by atoms with Crippen molar-refractivity contribution in [1.29, 1.82) is 0 Å². The number of likely N-dealkylation sites (tertiary alicyclic amines) is 1. The quantitative estimate of drug-likeness (QED) is 0.807. The number of ether oxygens (including phenoxy) is 2. The summed E-state index contributed by atoms with van der Waals surface area (Å²) in [5.74, 6) is 0.178. The molecule has 0 radical (unpaired) electrons. The molecule has 7 nitrogen and oxygen atoms in total. The highest BCUT2D eigenvalue weighted by atomic mass is 16.5. The molecule has 0 unspecified atom stereocenters. The fraction of sp³-hybridized carbons (Fsp3) is 0.789. The number of nitrogens with zero attached hydrogens (tertiary/aromatic N) is 4. The molecule has 7 heteroatoms. The predicted octanol–water partition coefficient (Wildman–Crippen LogP) is 1.28. The molecular formula is C19H30N4O3. The van der Waals surface area contributed by atoms with Crippen molar-refractivity contribution in [3.05, 3.63) is 18.0 Å². The van der Waals surface area contributed by atoms with Crippen LogP contribution in [0.5, 0.6) is 0 Å². The summed E-state index contributed by atoms with van der Waals surface area (Å²) in [5, 5.41) is 4.37. The fourth-order valence-electron chi connectivity index (χ4n) is 4.39. The smallest absolute Gasteiger partial charge is 0.251 e. The van der Waals surface area contributed by atoms with Crippen LogP contribution in [0.15, 0.2) is 12.4 Å². The van der Waals surface area contributed by atoms with Gasteiger partial charge in [0.25, 0.3) is 5.91 Å². The minimum atomic E-state index is -0.206. The molecule has 1 amide bonds. The zero-order chi connectivity index (χ0) is 18.0. The largest absolute Gasteiger partial charge is 0.372 e. The van der Waals surface area contributed by atoms with E-state index in [0.29, 0.717) is 0 Å². The van der Waals surface area contributed by atoms with Crippen LogP contribution < -0.4 is 0 Å². The van der Waals surface area contributed by atoms with Gasteiger partial charge in [-0.05, 0) is 32.6 Å². The summed E-state index contributed by atoms with van der Waals surface area (Å²) in [5.41, 5.74) is 1.15. The molecule has 1 spiro atoms. The number of piperidine rings is 1. The zero-order valence-electron chi connectivity index (χ0n) is 15.7. The number of rotatable bonds is 4. The van der Waals surface area contributed by atoms with Crippen LogP contribution in [0.1, 0.15) is 38.2 Å². The molecule has 1 aromatic rings. The first-order chi connectivity index (χ1) is 12.7. The Balaban J connectivity index is 1.32. The average molecular weight is 362 g/mol. The molecular weight excluding hydrogens is 332 g/mol. The SMILES string of the molecule is CCn1cc(CN2CCOC3(CCN(C(=O)[C@H]4CCCO4)CC3)C2)cn1. The Bertz CT molecular complexity index is 618. The third-order valence-electron chi connectivity index (χ3n) is 5.94. The van der Waals surface area contributed by atoms with E-state index >= 15 is 0 Å². The van der Waals surface area contributed by atoms with Crippen molar-refractivity contribution in [2.45, 2.75) is 57.4 Å². The highest BCUT2D eigenvalue weighted by Crippen LogP contribution is 2.31. The van der Waals surface area contributed by atoms with Gasteiger partial charge in [0.2, 0.25) is 0 Å². The topological polar surface area (TPSA) is 59.8 Å². The highest BCUT2D eigenvalue weighted by molar-refractivity contribution is 5.81. The summed E-state index contributed by atoms with van der Waals surface area (Å²) in [4.78, 5) is 17.0. The van der Waals surface area contributed by atoms with Crippen LogP contribution >= 0.6 is 0 Å². The molecule has 0 aromatic carbocycles. The molecule has 0 aliphatic carbocycles. The fourth-order valence-corrected chi connectivity index (χ4v) is 4.39. The normalized spacial score (nSPS) is 26.5. The lowest BCUT2D eigenvalue weighted by molar-refractivity contribution is -0.157. The van der Waals surface area contributed by atoms with Crippen LogP contribution in [0.4, 0.5) is 0 Å². The third-order valence-corrected chi connectivity index (χ3v) is 5.94. The van der Waals surface area contributed by atoms with Gasteiger partial charge in [-0.1, -0.05) is 0 Å². The van der Waals surface area contributed by atoms with Crippen molar-refractivity contribution in [2.75, 3.05) is 39.4 Å². The summed E-state index contributed by atoms with van der Waals surface area (Å²) in [6, 6.07) is 0. The predicted molar refractivity (Wildman–Crippen MR) is 96.6 cm³/mol. The third kappa shape index (κ3) is 3.80. The average Bonchev–Trinajstić information content (AvgIpc) is 3.34. The molecule has 26 heavy (non-hydrogen) atoms. The van der Waals surface area contributed by atoms with Gasteiger partial charge >= 0.3 is 0 Å². The summed E-state index contributed by atoms with van der Waals surface area (Å²) in [6.07, 6.45) is 7.59. The standard InChI is InChI=1S/C19H30N4O3/c1-2-23-14-16(12-20-23)13-21-9-11-26-19(15-21)5-7-22(8-6-19)18(24)17-4-3-10-25-17/h12,14,17H,2-11,13,15H2,1H3/t17-/m1/s1. The molecule has 1 atom stereocenters. The number of carbonyl (C=O) groups excluding carboxylic acids is 1.